The average Bonchev–Trinajstić information content (AvgIpc) is 3.37. The number of carbonyl (C=O) groups is 1. The number of aromatic nitrogens is 3. The number of hydrogen-bond donors (Lipinski definition) is 1. The van der Waals surface area contributed by atoms with Crippen molar-refractivity contribution in [2.75, 3.05) is 11.1 Å². The van der Waals surface area contributed by atoms with Crippen molar-refractivity contribution in [2.24, 2.45) is 0 Å². The highest BCUT2D eigenvalue weighted by molar-refractivity contribution is 7.99. The van der Waals surface area contributed by atoms with Crippen molar-refractivity contribution in [3.63, 3.8) is 0 Å². The second-order valence-electron chi connectivity index (χ2n) is 5.76. The third-order valence-corrected chi connectivity index (χ3v) is 5.80. The molecule has 0 fully saturated rings. The molecular formula is C19H12Cl2N4O2S2. The molecule has 2 aromatic heterocycles. The number of thioether (sulfide) groups is 1. The first-order chi connectivity index (χ1) is 14.1. The van der Waals surface area contributed by atoms with E-state index < -0.39 is 0 Å². The van der Waals surface area contributed by atoms with Crippen molar-refractivity contribution in [1.82, 2.24) is 15.2 Å². The largest absolute Gasteiger partial charge is 0.411 e. The van der Waals surface area contributed by atoms with Crippen LogP contribution in [0, 0.1) is 0 Å². The molecule has 1 amide bonds. The number of nitrogens with zero attached hydrogens (tertiary/aromatic N) is 3. The van der Waals surface area contributed by atoms with Crippen LogP contribution in [-0.2, 0) is 4.79 Å². The first kappa shape index (κ1) is 19.9. The van der Waals surface area contributed by atoms with E-state index in [4.69, 9.17) is 27.6 Å². The van der Waals surface area contributed by atoms with Crippen molar-refractivity contribution in [1.29, 1.82) is 0 Å². The molecule has 0 saturated heterocycles. The van der Waals surface area contributed by atoms with Crippen LogP contribution in [0.5, 0.6) is 0 Å². The predicted octanol–water partition coefficient (Wildman–Crippen LogP) is 5.90. The van der Waals surface area contributed by atoms with Crippen LogP contribution in [-0.4, -0.2) is 26.8 Å². The topological polar surface area (TPSA) is 80.9 Å². The van der Waals surface area contributed by atoms with E-state index in [1.54, 1.807) is 36.4 Å². The first-order valence-corrected chi connectivity index (χ1v) is 10.9. The molecular weight excluding hydrogens is 451 g/mol. The number of halogens is 2. The van der Waals surface area contributed by atoms with E-state index in [-0.39, 0.29) is 11.7 Å². The molecule has 4 aromatic rings. The van der Waals surface area contributed by atoms with Crippen molar-refractivity contribution in [3.8, 4) is 22.7 Å². The maximum atomic E-state index is 12.2. The lowest BCUT2D eigenvalue weighted by Crippen LogP contribution is -2.13. The zero-order chi connectivity index (χ0) is 20.2. The van der Waals surface area contributed by atoms with Gasteiger partial charge in [0, 0.05) is 26.6 Å². The Morgan fingerprint density at radius 2 is 1.66 bits per heavy atom. The molecule has 4 rings (SSSR count). The van der Waals surface area contributed by atoms with Gasteiger partial charge in [-0.2, -0.15) is 0 Å². The third kappa shape index (κ3) is 5.16. The minimum absolute atomic E-state index is 0.123. The van der Waals surface area contributed by atoms with E-state index in [0.717, 1.165) is 28.6 Å². The second-order valence-corrected chi connectivity index (χ2v) is 8.42. The van der Waals surface area contributed by atoms with Gasteiger partial charge >= 0.3 is 0 Å². The van der Waals surface area contributed by atoms with E-state index in [0.29, 0.717) is 26.3 Å². The minimum Gasteiger partial charge on any atom is -0.411 e. The normalized spacial score (nSPS) is 10.8. The number of rotatable bonds is 6. The Labute approximate surface area is 184 Å². The molecule has 0 bridgehead atoms. The van der Waals surface area contributed by atoms with Gasteiger partial charge in [0.2, 0.25) is 11.8 Å². The standard InChI is InChI=1S/C19H12Cl2N4O2S2/c20-13-5-1-11(2-6-13)15-9-28-18(22-15)23-16(26)10-29-19-25-24-17(27-19)12-3-7-14(21)8-4-12/h1-9H,10H2,(H,22,23,26). The molecule has 146 valence electrons. The number of anilines is 1. The summed E-state index contributed by atoms with van der Waals surface area (Å²) in [7, 11) is 0. The number of carbonyl (C=O) groups excluding carboxylic acids is 1. The molecule has 0 aliphatic carbocycles. The van der Waals surface area contributed by atoms with Gasteiger partial charge in [0.15, 0.2) is 5.13 Å². The summed E-state index contributed by atoms with van der Waals surface area (Å²) in [5.41, 5.74) is 2.47. The van der Waals surface area contributed by atoms with Gasteiger partial charge in [0.25, 0.3) is 5.22 Å². The fraction of sp³-hybridized carbons (Fsp3) is 0.0526. The van der Waals surface area contributed by atoms with E-state index in [9.17, 15) is 4.79 Å². The SMILES string of the molecule is O=C(CSc1nnc(-c2ccc(Cl)cc2)o1)Nc1nc(-c2ccc(Cl)cc2)cs1. The quantitative estimate of drug-likeness (QED) is 0.359. The number of amides is 1. The maximum absolute atomic E-state index is 12.2. The predicted molar refractivity (Wildman–Crippen MR) is 117 cm³/mol. The van der Waals surface area contributed by atoms with Crippen LogP contribution in [0.1, 0.15) is 0 Å². The Hall–Kier alpha value is -2.39. The van der Waals surface area contributed by atoms with E-state index >= 15 is 0 Å². The zero-order valence-corrected chi connectivity index (χ0v) is 17.8. The first-order valence-electron chi connectivity index (χ1n) is 8.30. The van der Waals surface area contributed by atoms with E-state index in [1.165, 1.54) is 11.3 Å². The molecule has 10 heteroatoms. The van der Waals surface area contributed by atoms with Gasteiger partial charge in [-0.15, -0.1) is 21.5 Å². The molecule has 0 radical (unpaired) electrons. The summed E-state index contributed by atoms with van der Waals surface area (Å²) in [5, 5.41) is 14.7. The third-order valence-electron chi connectivity index (χ3n) is 3.71. The van der Waals surface area contributed by atoms with Crippen molar-refractivity contribution < 1.29 is 9.21 Å². The van der Waals surface area contributed by atoms with E-state index in [2.05, 4.69) is 20.5 Å². The summed E-state index contributed by atoms with van der Waals surface area (Å²) < 4.78 is 5.58. The van der Waals surface area contributed by atoms with Crippen LogP contribution in [0.25, 0.3) is 22.7 Å². The molecule has 0 atom stereocenters. The van der Waals surface area contributed by atoms with Crippen molar-refractivity contribution in [3.05, 3.63) is 64.0 Å². The summed E-state index contributed by atoms with van der Waals surface area (Å²) in [6, 6.07) is 14.4. The van der Waals surface area contributed by atoms with Gasteiger partial charge in [-0.1, -0.05) is 47.1 Å². The van der Waals surface area contributed by atoms with Gasteiger partial charge in [0.1, 0.15) is 0 Å². The average molecular weight is 463 g/mol. The van der Waals surface area contributed by atoms with Crippen LogP contribution in [0.2, 0.25) is 10.0 Å². The highest BCUT2D eigenvalue weighted by Gasteiger charge is 2.13. The monoisotopic (exact) mass is 462 g/mol. The fourth-order valence-electron chi connectivity index (χ4n) is 2.34. The van der Waals surface area contributed by atoms with Gasteiger partial charge in [-0.05, 0) is 36.4 Å². The molecule has 0 spiro atoms. The molecule has 0 saturated carbocycles. The van der Waals surface area contributed by atoms with Crippen LogP contribution in [0.15, 0.2) is 63.6 Å². The van der Waals surface area contributed by atoms with Crippen LogP contribution in [0.4, 0.5) is 5.13 Å². The molecule has 6 nitrogen and oxygen atoms in total. The minimum atomic E-state index is -0.210. The summed E-state index contributed by atoms with van der Waals surface area (Å²) in [6.07, 6.45) is 0. The fourth-order valence-corrected chi connectivity index (χ4v) is 3.90. The Morgan fingerprint density at radius 1 is 1.00 bits per heavy atom. The lowest BCUT2D eigenvalue weighted by atomic mass is 10.2. The van der Waals surface area contributed by atoms with E-state index in [1.807, 2.05) is 17.5 Å². The number of nitrogens with one attached hydrogen (secondary N) is 1. The highest BCUT2D eigenvalue weighted by Crippen LogP contribution is 2.27. The lowest BCUT2D eigenvalue weighted by Gasteiger charge is -1.99. The van der Waals surface area contributed by atoms with Gasteiger partial charge in [-0.3, -0.25) is 4.79 Å². The Balaban J connectivity index is 1.33. The van der Waals surface area contributed by atoms with Crippen molar-refractivity contribution >= 4 is 57.3 Å². The summed E-state index contributed by atoms with van der Waals surface area (Å²) in [5.74, 6) is 0.285. The summed E-state index contributed by atoms with van der Waals surface area (Å²) in [6.45, 7) is 0. The molecule has 0 unspecified atom stereocenters. The maximum Gasteiger partial charge on any atom is 0.277 e. The summed E-state index contributed by atoms with van der Waals surface area (Å²) in [4.78, 5) is 16.6. The van der Waals surface area contributed by atoms with Crippen LogP contribution >= 0.6 is 46.3 Å². The molecule has 0 aliphatic rings. The Bertz CT molecular complexity index is 1130. The highest BCUT2D eigenvalue weighted by atomic mass is 35.5. The number of thiazole rings is 1. The lowest BCUT2D eigenvalue weighted by molar-refractivity contribution is -0.113. The molecule has 29 heavy (non-hydrogen) atoms. The van der Waals surface area contributed by atoms with Crippen molar-refractivity contribution in [2.45, 2.75) is 5.22 Å². The molecule has 0 aliphatic heterocycles. The number of benzene rings is 2. The zero-order valence-electron chi connectivity index (χ0n) is 14.6. The summed E-state index contributed by atoms with van der Waals surface area (Å²) >= 11 is 14.3. The van der Waals surface area contributed by atoms with Gasteiger partial charge in [-0.25, -0.2) is 4.98 Å². The number of hydrogen-bond acceptors (Lipinski definition) is 7. The van der Waals surface area contributed by atoms with Crippen LogP contribution in [0.3, 0.4) is 0 Å². The molecule has 1 N–H and O–H groups in total. The van der Waals surface area contributed by atoms with Crippen LogP contribution < -0.4 is 5.32 Å². The van der Waals surface area contributed by atoms with Gasteiger partial charge < -0.3 is 9.73 Å². The molecule has 2 aromatic carbocycles. The Kier molecular flexibility index (Phi) is 6.15. The van der Waals surface area contributed by atoms with Gasteiger partial charge in [0.05, 0.1) is 11.4 Å². The smallest absolute Gasteiger partial charge is 0.277 e. The second kappa shape index (κ2) is 8.96. The molecule has 2 heterocycles. The Morgan fingerprint density at radius 3 is 2.34 bits per heavy atom.